The maximum Gasteiger partial charge on any atom is 0.0704 e. The molecule has 2 N–H and O–H groups in total. The highest BCUT2D eigenvalue weighted by Gasteiger charge is 2.17. The van der Waals surface area contributed by atoms with Crippen LogP contribution in [0.25, 0.3) is 10.9 Å². The van der Waals surface area contributed by atoms with Crippen LogP contribution >= 0.6 is 11.8 Å². The van der Waals surface area contributed by atoms with Crippen LogP contribution in [0.2, 0.25) is 0 Å². The van der Waals surface area contributed by atoms with Gasteiger partial charge in [0.05, 0.1) is 17.4 Å². The number of piperidine rings is 1. The SMILES string of the molecule is CCSc1ccc2ncc(N3CCCC(N)C3)cc2c1. The zero-order chi connectivity index (χ0) is 13.9. The van der Waals surface area contributed by atoms with E-state index in [0.29, 0.717) is 6.04 Å². The third kappa shape index (κ3) is 2.91. The van der Waals surface area contributed by atoms with Crippen molar-refractivity contribution in [2.45, 2.75) is 30.7 Å². The Morgan fingerprint density at radius 2 is 2.30 bits per heavy atom. The molecule has 0 aliphatic carbocycles. The third-order valence-corrected chi connectivity index (χ3v) is 4.65. The van der Waals surface area contributed by atoms with Gasteiger partial charge in [-0.3, -0.25) is 4.98 Å². The summed E-state index contributed by atoms with van der Waals surface area (Å²) in [6, 6.07) is 9.05. The van der Waals surface area contributed by atoms with Crippen molar-refractivity contribution in [2.75, 3.05) is 23.7 Å². The molecule has 1 unspecified atom stereocenters. The highest BCUT2D eigenvalue weighted by atomic mass is 32.2. The van der Waals surface area contributed by atoms with Crippen molar-refractivity contribution >= 4 is 28.4 Å². The van der Waals surface area contributed by atoms with E-state index in [4.69, 9.17) is 5.73 Å². The lowest BCUT2D eigenvalue weighted by atomic mass is 10.1. The minimum atomic E-state index is 0.293. The summed E-state index contributed by atoms with van der Waals surface area (Å²) >= 11 is 1.87. The normalized spacial score (nSPS) is 19.5. The quantitative estimate of drug-likeness (QED) is 0.880. The Hall–Kier alpha value is -1.26. The van der Waals surface area contributed by atoms with Gasteiger partial charge in [0.15, 0.2) is 0 Å². The van der Waals surface area contributed by atoms with E-state index < -0.39 is 0 Å². The summed E-state index contributed by atoms with van der Waals surface area (Å²) in [4.78, 5) is 8.27. The van der Waals surface area contributed by atoms with E-state index in [2.05, 4.69) is 41.1 Å². The second-order valence-electron chi connectivity index (χ2n) is 5.33. The fourth-order valence-corrected chi connectivity index (χ4v) is 3.48. The molecule has 1 aliphatic heterocycles. The molecule has 0 radical (unpaired) electrons. The molecule has 0 bridgehead atoms. The fraction of sp³-hybridized carbons (Fsp3) is 0.438. The number of hydrogen-bond acceptors (Lipinski definition) is 4. The molecule has 106 valence electrons. The number of aromatic nitrogens is 1. The van der Waals surface area contributed by atoms with E-state index in [-0.39, 0.29) is 0 Å². The molecule has 3 rings (SSSR count). The molecule has 20 heavy (non-hydrogen) atoms. The molecular formula is C16H21N3S. The Kier molecular flexibility index (Phi) is 4.13. The molecule has 3 nitrogen and oxygen atoms in total. The number of anilines is 1. The van der Waals surface area contributed by atoms with Crippen LogP contribution in [0.3, 0.4) is 0 Å². The van der Waals surface area contributed by atoms with Crippen LogP contribution < -0.4 is 10.6 Å². The Balaban J connectivity index is 1.91. The van der Waals surface area contributed by atoms with Crippen molar-refractivity contribution in [3.8, 4) is 0 Å². The first kappa shape index (κ1) is 13.7. The van der Waals surface area contributed by atoms with E-state index >= 15 is 0 Å². The standard InChI is InChI=1S/C16H21N3S/c1-2-20-15-5-6-16-12(9-15)8-14(10-18-16)19-7-3-4-13(17)11-19/h5-6,8-10,13H,2-4,7,11,17H2,1H3. The minimum Gasteiger partial charge on any atom is -0.369 e. The molecule has 0 saturated carbocycles. The largest absolute Gasteiger partial charge is 0.369 e. The van der Waals surface area contributed by atoms with Crippen LogP contribution in [0, 0.1) is 0 Å². The fourth-order valence-electron chi connectivity index (χ4n) is 2.77. The molecule has 1 saturated heterocycles. The summed E-state index contributed by atoms with van der Waals surface area (Å²) < 4.78 is 0. The summed E-state index contributed by atoms with van der Waals surface area (Å²) in [7, 11) is 0. The zero-order valence-electron chi connectivity index (χ0n) is 11.9. The van der Waals surface area contributed by atoms with Gasteiger partial charge >= 0.3 is 0 Å². The predicted molar refractivity (Wildman–Crippen MR) is 87.6 cm³/mol. The first-order valence-corrected chi connectivity index (χ1v) is 8.28. The lowest BCUT2D eigenvalue weighted by Gasteiger charge is -2.32. The van der Waals surface area contributed by atoms with Crippen LogP contribution in [0.15, 0.2) is 35.4 Å². The molecule has 0 spiro atoms. The van der Waals surface area contributed by atoms with Gasteiger partial charge in [0.2, 0.25) is 0 Å². The lowest BCUT2D eigenvalue weighted by molar-refractivity contribution is 0.506. The summed E-state index contributed by atoms with van der Waals surface area (Å²) in [6.45, 7) is 4.21. The van der Waals surface area contributed by atoms with E-state index in [1.54, 1.807) is 0 Å². The van der Waals surface area contributed by atoms with Crippen molar-refractivity contribution < 1.29 is 0 Å². The summed E-state index contributed by atoms with van der Waals surface area (Å²) in [5, 5.41) is 1.22. The second kappa shape index (κ2) is 6.02. The van der Waals surface area contributed by atoms with Gasteiger partial charge < -0.3 is 10.6 Å². The van der Waals surface area contributed by atoms with Gasteiger partial charge in [-0.25, -0.2) is 0 Å². The van der Waals surface area contributed by atoms with Crippen molar-refractivity contribution in [1.29, 1.82) is 0 Å². The maximum atomic E-state index is 6.07. The monoisotopic (exact) mass is 287 g/mol. The summed E-state index contributed by atoms with van der Waals surface area (Å²) in [5.41, 5.74) is 8.34. The molecule has 4 heteroatoms. The van der Waals surface area contributed by atoms with E-state index in [1.165, 1.54) is 22.4 Å². The van der Waals surface area contributed by atoms with Gasteiger partial charge in [0.1, 0.15) is 0 Å². The topological polar surface area (TPSA) is 42.2 Å². The van der Waals surface area contributed by atoms with Crippen LogP contribution in [-0.2, 0) is 0 Å². The van der Waals surface area contributed by atoms with Crippen LogP contribution in [0.5, 0.6) is 0 Å². The number of hydrogen-bond donors (Lipinski definition) is 1. The number of benzene rings is 1. The average molecular weight is 287 g/mol. The van der Waals surface area contributed by atoms with Gasteiger partial charge in [-0.15, -0.1) is 11.8 Å². The van der Waals surface area contributed by atoms with Gasteiger partial charge in [-0.05, 0) is 42.9 Å². The third-order valence-electron chi connectivity index (χ3n) is 3.77. The van der Waals surface area contributed by atoms with Gasteiger partial charge in [0, 0.05) is 29.4 Å². The number of pyridine rings is 1. The van der Waals surface area contributed by atoms with Gasteiger partial charge in [0.25, 0.3) is 0 Å². The Labute approximate surface area is 124 Å². The number of nitrogens with zero attached hydrogens (tertiary/aromatic N) is 2. The van der Waals surface area contributed by atoms with E-state index in [9.17, 15) is 0 Å². The Bertz CT molecular complexity index is 599. The summed E-state index contributed by atoms with van der Waals surface area (Å²) in [6.07, 6.45) is 4.28. The summed E-state index contributed by atoms with van der Waals surface area (Å²) in [5.74, 6) is 1.10. The first-order valence-electron chi connectivity index (χ1n) is 7.29. The molecular weight excluding hydrogens is 266 g/mol. The van der Waals surface area contributed by atoms with Gasteiger partial charge in [-0.1, -0.05) is 6.92 Å². The van der Waals surface area contributed by atoms with Crippen LogP contribution in [-0.4, -0.2) is 29.9 Å². The second-order valence-corrected chi connectivity index (χ2v) is 6.67. The van der Waals surface area contributed by atoms with E-state index in [1.807, 2.05) is 18.0 Å². The molecule has 1 atom stereocenters. The molecule has 1 fully saturated rings. The Morgan fingerprint density at radius 1 is 1.40 bits per heavy atom. The van der Waals surface area contributed by atoms with Crippen molar-refractivity contribution in [2.24, 2.45) is 5.73 Å². The van der Waals surface area contributed by atoms with Crippen LogP contribution in [0.4, 0.5) is 5.69 Å². The van der Waals surface area contributed by atoms with Crippen LogP contribution in [0.1, 0.15) is 19.8 Å². The highest BCUT2D eigenvalue weighted by molar-refractivity contribution is 7.99. The number of fused-ring (bicyclic) bond motifs is 1. The van der Waals surface area contributed by atoms with Crippen molar-refractivity contribution in [3.05, 3.63) is 30.5 Å². The number of rotatable bonds is 3. The molecule has 1 aromatic carbocycles. The molecule has 2 heterocycles. The van der Waals surface area contributed by atoms with Gasteiger partial charge in [-0.2, -0.15) is 0 Å². The number of thioether (sulfide) groups is 1. The molecule has 2 aromatic rings. The van der Waals surface area contributed by atoms with Crippen molar-refractivity contribution in [1.82, 2.24) is 4.98 Å². The molecule has 0 amide bonds. The zero-order valence-corrected chi connectivity index (χ0v) is 12.7. The van der Waals surface area contributed by atoms with Crippen molar-refractivity contribution in [3.63, 3.8) is 0 Å². The molecule has 1 aromatic heterocycles. The van der Waals surface area contributed by atoms with E-state index in [0.717, 1.165) is 30.8 Å². The first-order chi connectivity index (χ1) is 9.76. The Morgan fingerprint density at radius 3 is 3.10 bits per heavy atom. The molecule has 1 aliphatic rings. The minimum absolute atomic E-state index is 0.293. The highest BCUT2D eigenvalue weighted by Crippen LogP contribution is 2.26. The smallest absolute Gasteiger partial charge is 0.0704 e. The lowest BCUT2D eigenvalue weighted by Crippen LogP contribution is -2.42. The predicted octanol–water partition coefficient (Wildman–Crippen LogP) is 3.27. The number of nitrogens with two attached hydrogens (primary N) is 1. The maximum absolute atomic E-state index is 6.07. The average Bonchev–Trinajstić information content (AvgIpc) is 2.47.